The molecule has 2 aliphatic heterocycles. The van der Waals surface area contributed by atoms with Crippen LogP contribution in [0.3, 0.4) is 0 Å². The number of hydrogen-bond acceptors (Lipinski definition) is 8. The molecule has 40 heavy (non-hydrogen) atoms. The summed E-state index contributed by atoms with van der Waals surface area (Å²) in [5, 5.41) is 0. The Morgan fingerprint density at radius 2 is 1.90 bits per heavy atom. The van der Waals surface area contributed by atoms with Gasteiger partial charge in [0, 0.05) is 44.7 Å². The van der Waals surface area contributed by atoms with Crippen LogP contribution >= 0.6 is 0 Å². The monoisotopic (exact) mass is 552 g/mol. The third kappa shape index (κ3) is 5.05. The number of nitrogen functional groups attached to an aromatic ring is 1. The molecule has 2 saturated heterocycles. The van der Waals surface area contributed by atoms with E-state index in [0.29, 0.717) is 50.6 Å². The number of methoxy groups -OCH3 is 2. The van der Waals surface area contributed by atoms with E-state index in [9.17, 15) is 4.79 Å². The molecule has 3 aromatic rings. The maximum atomic E-state index is 15.0. The summed E-state index contributed by atoms with van der Waals surface area (Å²) < 4.78 is 47.5. The molecule has 0 spiro atoms. The second-order valence-electron chi connectivity index (χ2n) is 9.53. The van der Waals surface area contributed by atoms with Crippen LogP contribution in [0.5, 0.6) is 11.5 Å². The minimum absolute atomic E-state index is 0.123. The Morgan fingerprint density at radius 3 is 2.55 bits per heavy atom. The fraction of sp³-hybridized carbons (Fsp3) is 0.393. The van der Waals surface area contributed by atoms with Crippen LogP contribution in [-0.2, 0) is 16.1 Å². The van der Waals surface area contributed by atoms with Crippen molar-refractivity contribution < 1.29 is 27.8 Å². The SMILES string of the molecule is C=CC(=O)N1CC[C@H](c2nc(C#Cc3c(F)c(OC)cc(OC)c3F)c3c(N)ncc(CN4CCOCC4)n23)C1. The lowest BCUT2D eigenvalue weighted by Gasteiger charge is -2.27. The van der Waals surface area contributed by atoms with Crippen LogP contribution in [0.1, 0.15) is 35.1 Å². The fourth-order valence-electron chi connectivity index (χ4n) is 5.11. The number of morpholine rings is 1. The Balaban J connectivity index is 1.65. The smallest absolute Gasteiger partial charge is 0.245 e. The van der Waals surface area contributed by atoms with Crippen LogP contribution in [-0.4, -0.2) is 83.7 Å². The van der Waals surface area contributed by atoms with Crippen molar-refractivity contribution in [2.24, 2.45) is 0 Å². The molecule has 10 nitrogen and oxygen atoms in total. The quantitative estimate of drug-likeness (QED) is 0.367. The molecular formula is C28H30F2N6O4. The number of carbonyl (C=O) groups excluding carboxylic acids is 1. The molecule has 4 heterocycles. The first-order valence-corrected chi connectivity index (χ1v) is 12.8. The molecule has 0 aliphatic carbocycles. The molecule has 1 amide bonds. The molecule has 0 radical (unpaired) electrons. The summed E-state index contributed by atoms with van der Waals surface area (Å²) in [4.78, 5) is 25.5. The minimum Gasteiger partial charge on any atom is -0.493 e. The Bertz CT molecular complexity index is 1490. The van der Waals surface area contributed by atoms with E-state index in [1.54, 1.807) is 11.1 Å². The molecule has 12 heteroatoms. The predicted molar refractivity (Wildman–Crippen MR) is 143 cm³/mol. The first-order valence-electron chi connectivity index (χ1n) is 12.8. The van der Waals surface area contributed by atoms with Crippen molar-refractivity contribution in [1.29, 1.82) is 0 Å². The highest BCUT2D eigenvalue weighted by atomic mass is 19.1. The van der Waals surface area contributed by atoms with Crippen LogP contribution in [0.15, 0.2) is 24.9 Å². The molecule has 0 bridgehead atoms. The van der Waals surface area contributed by atoms with Crippen LogP contribution in [0, 0.1) is 23.5 Å². The zero-order valence-corrected chi connectivity index (χ0v) is 22.4. The number of ether oxygens (including phenoxy) is 3. The number of amides is 1. The first kappa shape index (κ1) is 27.4. The van der Waals surface area contributed by atoms with E-state index in [4.69, 9.17) is 24.9 Å². The van der Waals surface area contributed by atoms with E-state index in [1.807, 2.05) is 4.40 Å². The highest BCUT2D eigenvalue weighted by molar-refractivity contribution is 5.87. The van der Waals surface area contributed by atoms with E-state index in [-0.39, 0.29) is 34.8 Å². The van der Waals surface area contributed by atoms with Gasteiger partial charge in [-0.05, 0) is 18.4 Å². The van der Waals surface area contributed by atoms with Gasteiger partial charge in [-0.15, -0.1) is 0 Å². The zero-order valence-electron chi connectivity index (χ0n) is 22.4. The van der Waals surface area contributed by atoms with Crippen LogP contribution in [0.4, 0.5) is 14.6 Å². The number of carbonyl (C=O) groups is 1. The number of fused-ring (bicyclic) bond motifs is 1. The lowest BCUT2D eigenvalue weighted by atomic mass is 10.1. The van der Waals surface area contributed by atoms with Crippen molar-refractivity contribution in [3.8, 4) is 23.3 Å². The van der Waals surface area contributed by atoms with E-state index in [2.05, 4.69) is 28.3 Å². The van der Waals surface area contributed by atoms with E-state index in [1.165, 1.54) is 20.3 Å². The Kier molecular flexibility index (Phi) is 7.86. The van der Waals surface area contributed by atoms with Gasteiger partial charge in [0.05, 0.1) is 39.3 Å². The summed E-state index contributed by atoms with van der Waals surface area (Å²) >= 11 is 0. The highest BCUT2D eigenvalue weighted by Crippen LogP contribution is 2.33. The topological polar surface area (TPSA) is 107 Å². The second kappa shape index (κ2) is 11.5. The van der Waals surface area contributed by atoms with Crippen molar-refractivity contribution in [2.75, 3.05) is 59.3 Å². The van der Waals surface area contributed by atoms with Crippen molar-refractivity contribution in [1.82, 2.24) is 24.2 Å². The molecule has 2 aromatic heterocycles. The Labute approximate surface area is 230 Å². The Morgan fingerprint density at radius 1 is 1.20 bits per heavy atom. The number of hydrogen-bond donors (Lipinski definition) is 1. The highest BCUT2D eigenvalue weighted by Gasteiger charge is 2.31. The average Bonchev–Trinajstić information content (AvgIpc) is 3.61. The van der Waals surface area contributed by atoms with Crippen molar-refractivity contribution in [2.45, 2.75) is 18.9 Å². The number of nitrogens with two attached hydrogens (primary N) is 1. The standard InChI is InChI=1S/C28H30F2N6O4/c1-4-23(37)35-8-7-17(15-35)28-33-20(6-5-19-24(29)21(38-2)13-22(39-3)25(19)30)26-27(31)32-14-18(36(26)28)16-34-9-11-40-12-10-34/h4,13-14,17H,1,7-12,15-16H2,2-3H3,(H2,31,32)/t17-/m0/s1. The largest absolute Gasteiger partial charge is 0.493 e. The van der Waals surface area contributed by atoms with Gasteiger partial charge in [-0.2, -0.15) is 0 Å². The van der Waals surface area contributed by atoms with Crippen molar-refractivity contribution in [3.05, 3.63) is 59.3 Å². The van der Waals surface area contributed by atoms with Crippen LogP contribution in [0.2, 0.25) is 0 Å². The Hall–Kier alpha value is -4.21. The molecule has 0 saturated carbocycles. The summed E-state index contributed by atoms with van der Waals surface area (Å²) in [5.74, 6) is 3.64. The number of benzene rings is 1. The van der Waals surface area contributed by atoms with Crippen LogP contribution in [0.25, 0.3) is 5.52 Å². The molecule has 2 aliphatic rings. The summed E-state index contributed by atoms with van der Waals surface area (Å²) in [7, 11) is 2.54. The number of halogens is 2. The summed E-state index contributed by atoms with van der Waals surface area (Å²) in [6.45, 7) is 7.89. The minimum atomic E-state index is -0.953. The normalized spacial score (nSPS) is 17.5. The van der Waals surface area contributed by atoms with Gasteiger partial charge in [0.1, 0.15) is 22.6 Å². The van der Waals surface area contributed by atoms with Gasteiger partial charge in [-0.25, -0.2) is 18.7 Å². The maximum absolute atomic E-state index is 15.0. The third-order valence-corrected chi connectivity index (χ3v) is 7.19. The molecule has 0 unspecified atom stereocenters. The molecule has 2 N–H and O–H groups in total. The van der Waals surface area contributed by atoms with Gasteiger partial charge in [0.2, 0.25) is 5.91 Å². The maximum Gasteiger partial charge on any atom is 0.245 e. The lowest BCUT2D eigenvalue weighted by molar-refractivity contribution is -0.125. The van der Waals surface area contributed by atoms with E-state index in [0.717, 1.165) is 24.8 Å². The number of aromatic nitrogens is 3. The molecular weight excluding hydrogens is 522 g/mol. The number of anilines is 1. The van der Waals surface area contributed by atoms with Gasteiger partial charge in [-0.3, -0.25) is 14.1 Å². The van der Waals surface area contributed by atoms with Gasteiger partial charge in [-0.1, -0.05) is 12.5 Å². The second-order valence-corrected chi connectivity index (χ2v) is 9.53. The summed E-state index contributed by atoms with van der Waals surface area (Å²) in [5.41, 5.74) is 7.33. The fourth-order valence-corrected chi connectivity index (χ4v) is 5.11. The van der Waals surface area contributed by atoms with Gasteiger partial charge < -0.3 is 24.8 Å². The molecule has 2 fully saturated rings. The summed E-state index contributed by atoms with van der Waals surface area (Å²) in [6, 6.07) is 1.12. The zero-order chi connectivity index (χ0) is 28.4. The van der Waals surface area contributed by atoms with Gasteiger partial charge >= 0.3 is 0 Å². The number of nitrogens with zero attached hydrogens (tertiary/aromatic N) is 5. The van der Waals surface area contributed by atoms with E-state index >= 15 is 8.78 Å². The molecule has 1 atom stereocenters. The third-order valence-electron chi connectivity index (χ3n) is 7.19. The van der Waals surface area contributed by atoms with Crippen molar-refractivity contribution >= 4 is 17.2 Å². The lowest BCUT2D eigenvalue weighted by Crippen LogP contribution is -2.36. The number of rotatable bonds is 6. The van der Waals surface area contributed by atoms with E-state index < -0.39 is 17.2 Å². The molecule has 210 valence electrons. The number of imidazole rings is 1. The number of likely N-dealkylation sites (tertiary alicyclic amines) is 1. The molecule has 1 aromatic carbocycles. The van der Waals surface area contributed by atoms with Gasteiger partial charge in [0.25, 0.3) is 0 Å². The average molecular weight is 553 g/mol. The van der Waals surface area contributed by atoms with Crippen LogP contribution < -0.4 is 15.2 Å². The first-order chi connectivity index (χ1) is 19.4. The predicted octanol–water partition coefficient (Wildman–Crippen LogP) is 2.34. The summed E-state index contributed by atoms with van der Waals surface area (Å²) in [6.07, 6.45) is 3.66. The molecule has 5 rings (SSSR count). The van der Waals surface area contributed by atoms with Gasteiger partial charge in [0.15, 0.2) is 29.0 Å². The van der Waals surface area contributed by atoms with Crippen molar-refractivity contribution in [3.63, 3.8) is 0 Å².